The maximum absolute atomic E-state index is 12.5. The summed E-state index contributed by atoms with van der Waals surface area (Å²) in [5.74, 6) is -0.794. The molecule has 0 atom stereocenters. The van der Waals surface area contributed by atoms with Crippen molar-refractivity contribution in [2.24, 2.45) is 5.10 Å². The normalized spacial score (nSPS) is 11.6. The minimum Gasteiger partial charge on any atom is -0.434 e. The third kappa shape index (κ3) is 5.39. The molecule has 0 aliphatic rings. The molecule has 0 spiro atoms. The fourth-order valence-corrected chi connectivity index (χ4v) is 4.47. The van der Waals surface area contributed by atoms with Crippen molar-refractivity contribution in [3.63, 3.8) is 0 Å². The molecule has 0 unspecified atom stereocenters. The van der Waals surface area contributed by atoms with Gasteiger partial charge in [0.15, 0.2) is 0 Å². The van der Waals surface area contributed by atoms with Crippen LogP contribution in [0.3, 0.4) is 0 Å². The molecule has 7 nitrogen and oxygen atoms in total. The first kappa shape index (κ1) is 21.4. The molecular formula is C19H15F2N3O4S2. The number of nitrogens with zero attached hydrogens (tertiary/aromatic N) is 1. The topological polar surface area (TPSA) is 96.9 Å². The lowest BCUT2D eigenvalue weighted by molar-refractivity contribution is -0.0499. The van der Waals surface area contributed by atoms with Crippen molar-refractivity contribution in [1.82, 2.24) is 5.43 Å². The predicted molar refractivity (Wildman–Crippen MR) is 110 cm³/mol. The number of ether oxygens (including phenoxy) is 1. The van der Waals surface area contributed by atoms with Crippen LogP contribution in [0.25, 0.3) is 0 Å². The van der Waals surface area contributed by atoms with Crippen LogP contribution in [0.4, 0.5) is 14.5 Å². The Kier molecular flexibility index (Phi) is 6.75. The maximum Gasteiger partial charge on any atom is 0.387 e. The van der Waals surface area contributed by atoms with E-state index in [9.17, 15) is 22.0 Å². The van der Waals surface area contributed by atoms with Gasteiger partial charge in [0, 0.05) is 5.56 Å². The monoisotopic (exact) mass is 451 g/mol. The Labute approximate surface area is 175 Å². The first-order valence-corrected chi connectivity index (χ1v) is 10.8. The standard InChI is InChI=1S/C19H15F2N3O4S2/c20-19(21)28-16-9-4-1-6-13(16)12-22-23-18(25)14-7-2-3-8-15(14)24-30(26,27)17-10-5-11-29-17/h1-12,19,24H,(H,23,25)/b22-12+. The highest BCUT2D eigenvalue weighted by Gasteiger charge is 2.19. The van der Waals surface area contributed by atoms with Gasteiger partial charge in [-0.25, -0.2) is 13.8 Å². The van der Waals surface area contributed by atoms with Gasteiger partial charge in [0.05, 0.1) is 17.5 Å². The van der Waals surface area contributed by atoms with Crippen molar-refractivity contribution >= 4 is 39.2 Å². The van der Waals surface area contributed by atoms with Gasteiger partial charge in [-0.05, 0) is 35.7 Å². The number of sulfonamides is 1. The third-order valence-corrected chi connectivity index (χ3v) is 6.44. The minimum absolute atomic E-state index is 0.0342. The van der Waals surface area contributed by atoms with Crippen molar-refractivity contribution in [2.75, 3.05) is 4.72 Å². The van der Waals surface area contributed by atoms with Gasteiger partial charge < -0.3 is 4.74 Å². The molecule has 11 heteroatoms. The van der Waals surface area contributed by atoms with Crippen LogP contribution in [0.2, 0.25) is 0 Å². The summed E-state index contributed by atoms with van der Waals surface area (Å²) >= 11 is 1.04. The van der Waals surface area contributed by atoms with Crippen LogP contribution in [0.1, 0.15) is 15.9 Å². The van der Waals surface area contributed by atoms with Gasteiger partial charge in [-0.1, -0.05) is 30.3 Å². The largest absolute Gasteiger partial charge is 0.434 e. The van der Waals surface area contributed by atoms with Crippen LogP contribution in [0.5, 0.6) is 5.75 Å². The van der Waals surface area contributed by atoms with Gasteiger partial charge >= 0.3 is 6.61 Å². The lowest BCUT2D eigenvalue weighted by atomic mass is 10.2. The minimum atomic E-state index is -3.84. The molecule has 1 heterocycles. The molecule has 30 heavy (non-hydrogen) atoms. The Balaban J connectivity index is 1.75. The number of rotatable bonds is 8. The van der Waals surface area contributed by atoms with Crippen molar-refractivity contribution < 1.29 is 26.7 Å². The SMILES string of the molecule is O=C(N/N=C/c1ccccc1OC(F)F)c1ccccc1NS(=O)(=O)c1cccs1. The zero-order valence-electron chi connectivity index (χ0n) is 15.2. The lowest BCUT2D eigenvalue weighted by Gasteiger charge is -2.10. The molecule has 0 saturated heterocycles. The average molecular weight is 451 g/mol. The van der Waals surface area contributed by atoms with Crippen LogP contribution >= 0.6 is 11.3 Å². The van der Waals surface area contributed by atoms with Crippen molar-refractivity contribution in [1.29, 1.82) is 0 Å². The molecule has 0 bridgehead atoms. The van der Waals surface area contributed by atoms with E-state index < -0.39 is 22.5 Å². The van der Waals surface area contributed by atoms with Crippen LogP contribution in [0, 0.1) is 0 Å². The second-order valence-corrected chi connectivity index (χ2v) is 8.56. The second-order valence-electron chi connectivity index (χ2n) is 5.70. The Morgan fingerprint density at radius 3 is 2.53 bits per heavy atom. The molecule has 0 fully saturated rings. The van der Waals surface area contributed by atoms with E-state index in [2.05, 4.69) is 20.0 Å². The fourth-order valence-electron chi connectivity index (χ4n) is 2.39. The fraction of sp³-hybridized carbons (Fsp3) is 0.0526. The first-order chi connectivity index (χ1) is 14.4. The number of nitrogens with one attached hydrogen (secondary N) is 2. The number of thiophene rings is 1. The average Bonchev–Trinajstić information content (AvgIpc) is 3.25. The molecular weight excluding hydrogens is 436 g/mol. The summed E-state index contributed by atoms with van der Waals surface area (Å²) in [5.41, 5.74) is 2.57. The van der Waals surface area contributed by atoms with E-state index >= 15 is 0 Å². The number of alkyl halides is 2. The van der Waals surface area contributed by atoms with Crippen LogP contribution < -0.4 is 14.9 Å². The number of carbonyl (C=O) groups excluding carboxylic acids is 1. The molecule has 1 aromatic heterocycles. The number of hydrogen-bond acceptors (Lipinski definition) is 6. The quantitative estimate of drug-likeness (QED) is 0.401. The summed E-state index contributed by atoms with van der Waals surface area (Å²) in [6, 6.07) is 15.0. The smallest absolute Gasteiger partial charge is 0.387 e. The van der Waals surface area contributed by atoms with E-state index in [-0.39, 0.29) is 26.8 Å². The van der Waals surface area contributed by atoms with Gasteiger partial charge in [-0.15, -0.1) is 11.3 Å². The van der Waals surface area contributed by atoms with E-state index in [4.69, 9.17) is 0 Å². The van der Waals surface area contributed by atoms with E-state index in [0.717, 1.165) is 17.6 Å². The molecule has 0 aliphatic carbocycles. The molecule has 2 aromatic carbocycles. The van der Waals surface area contributed by atoms with Gasteiger partial charge in [0.25, 0.3) is 15.9 Å². The second kappa shape index (κ2) is 9.46. The number of para-hydroxylation sites is 2. The third-order valence-electron chi connectivity index (χ3n) is 3.68. The van der Waals surface area contributed by atoms with E-state index in [1.807, 2.05) is 0 Å². The van der Waals surface area contributed by atoms with E-state index in [1.165, 1.54) is 36.4 Å². The summed E-state index contributed by atoms with van der Waals surface area (Å²) in [6.07, 6.45) is 1.15. The van der Waals surface area contributed by atoms with Crippen molar-refractivity contribution in [3.8, 4) is 5.75 Å². The van der Waals surface area contributed by atoms with Crippen molar-refractivity contribution in [2.45, 2.75) is 10.8 Å². The molecule has 3 rings (SSSR count). The predicted octanol–water partition coefficient (Wildman–Crippen LogP) is 3.91. The van der Waals surface area contributed by atoms with Gasteiger partial charge in [-0.2, -0.15) is 13.9 Å². The summed E-state index contributed by atoms with van der Waals surface area (Å²) in [5, 5.41) is 5.37. The molecule has 0 aliphatic heterocycles. The summed E-state index contributed by atoms with van der Waals surface area (Å²) in [7, 11) is -3.84. The zero-order chi connectivity index (χ0) is 21.6. The van der Waals surface area contributed by atoms with Gasteiger partial charge in [0.1, 0.15) is 9.96 Å². The number of amides is 1. The van der Waals surface area contributed by atoms with Crippen LogP contribution in [-0.2, 0) is 10.0 Å². The summed E-state index contributed by atoms with van der Waals surface area (Å²) < 4.78 is 56.6. The van der Waals surface area contributed by atoms with E-state index in [0.29, 0.717) is 0 Å². The van der Waals surface area contributed by atoms with Gasteiger partial charge in [-0.3, -0.25) is 9.52 Å². The lowest BCUT2D eigenvalue weighted by Crippen LogP contribution is -2.21. The molecule has 156 valence electrons. The Morgan fingerprint density at radius 1 is 1.07 bits per heavy atom. The number of halogens is 2. The summed E-state index contributed by atoms with van der Waals surface area (Å²) in [4.78, 5) is 12.5. The Hall–Kier alpha value is -3.31. The number of carbonyl (C=O) groups is 1. The first-order valence-electron chi connectivity index (χ1n) is 8.39. The molecule has 3 aromatic rings. The van der Waals surface area contributed by atoms with E-state index in [1.54, 1.807) is 29.6 Å². The number of hydrogen-bond donors (Lipinski definition) is 2. The highest BCUT2D eigenvalue weighted by molar-refractivity contribution is 7.94. The molecule has 2 N–H and O–H groups in total. The van der Waals surface area contributed by atoms with Crippen LogP contribution in [0.15, 0.2) is 75.4 Å². The highest BCUT2D eigenvalue weighted by Crippen LogP contribution is 2.23. The molecule has 1 amide bonds. The van der Waals surface area contributed by atoms with Crippen molar-refractivity contribution in [3.05, 3.63) is 77.2 Å². The number of anilines is 1. The van der Waals surface area contributed by atoms with Crippen LogP contribution in [-0.4, -0.2) is 27.2 Å². The highest BCUT2D eigenvalue weighted by atomic mass is 32.2. The Bertz CT molecular complexity index is 1150. The number of benzene rings is 2. The maximum atomic E-state index is 12.5. The molecule has 0 saturated carbocycles. The number of hydrazone groups is 1. The molecule has 0 radical (unpaired) electrons. The summed E-state index contributed by atoms with van der Waals surface area (Å²) in [6.45, 7) is -3.00. The zero-order valence-corrected chi connectivity index (χ0v) is 16.8. The Morgan fingerprint density at radius 2 is 1.80 bits per heavy atom. The van der Waals surface area contributed by atoms with Gasteiger partial charge in [0.2, 0.25) is 0 Å².